The monoisotopic (exact) mass is 285 g/mol. The van der Waals surface area contributed by atoms with Crippen molar-refractivity contribution >= 4 is 12.0 Å². The van der Waals surface area contributed by atoms with E-state index in [1.54, 1.807) is 0 Å². The van der Waals surface area contributed by atoms with Gasteiger partial charge in [-0.05, 0) is 53.8 Å². The van der Waals surface area contributed by atoms with Crippen molar-refractivity contribution in [2.24, 2.45) is 5.92 Å². The summed E-state index contributed by atoms with van der Waals surface area (Å²) in [7, 11) is 2.07. The Morgan fingerprint density at radius 3 is 2.25 bits per heavy atom. The van der Waals surface area contributed by atoms with Crippen LogP contribution in [0.1, 0.15) is 33.6 Å². The lowest BCUT2D eigenvalue weighted by Crippen LogP contribution is -2.42. The molecule has 1 aliphatic rings. The molecule has 0 aromatic carbocycles. The normalized spacial score (nSPS) is 17.6. The number of nitrogens with one attached hydrogen (secondary N) is 2. The van der Waals surface area contributed by atoms with Gasteiger partial charge in [-0.3, -0.25) is 4.79 Å². The van der Waals surface area contributed by atoms with Gasteiger partial charge in [0, 0.05) is 19.0 Å². The van der Waals surface area contributed by atoms with E-state index in [9.17, 15) is 9.59 Å². The number of amides is 2. The lowest BCUT2D eigenvalue weighted by atomic mass is 9.96. The number of hydrogen-bond acceptors (Lipinski definition) is 4. The first-order valence-corrected chi connectivity index (χ1v) is 7.21. The molecule has 0 bridgehead atoms. The Kier molecular flexibility index (Phi) is 6.26. The molecule has 6 heteroatoms. The molecule has 6 nitrogen and oxygen atoms in total. The molecule has 0 aromatic heterocycles. The van der Waals surface area contributed by atoms with E-state index in [4.69, 9.17) is 4.74 Å². The van der Waals surface area contributed by atoms with Crippen LogP contribution in [0.5, 0.6) is 0 Å². The van der Waals surface area contributed by atoms with E-state index in [0.717, 1.165) is 25.9 Å². The van der Waals surface area contributed by atoms with Crippen molar-refractivity contribution in [3.8, 4) is 0 Å². The second kappa shape index (κ2) is 7.47. The van der Waals surface area contributed by atoms with Gasteiger partial charge in [-0.25, -0.2) is 4.79 Å². The number of likely N-dealkylation sites (tertiary alicyclic amines) is 1. The van der Waals surface area contributed by atoms with E-state index < -0.39 is 11.7 Å². The van der Waals surface area contributed by atoms with E-state index in [0.29, 0.717) is 13.1 Å². The van der Waals surface area contributed by atoms with Crippen LogP contribution in [0.25, 0.3) is 0 Å². The number of nitrogens with zero attached hydrogens (tertiary/aromatic N) is 1. The summed E-state index contributed by atoms with van der Waals surface area (Å²) in [4.78, 5) is 25.5. The Balaban J connectivity index is 2.12. The van der Waals surface area contributed by atoms with Crippen LogP contribution in [0.3, 0.4) is 0 Å². The van der Waals surface area contributed by atoms with E-state index in [1.165, 1.54) is 0 Å². The minimum absolute atomic E-state index is 0.0871. The summed E-state index contributed by atoms with van der Waals surface area (Å²) in [6.45, 7) is 8.19. The molecule has 20 heavy (non-hydrogen) atoms. The zero-order chi connectivity index (χ0) is 15.2. The van der Waals surface area contributed by atoms with Crippen LogP contribution in [-0.2, 0) is 9.53 Å². The van der Waals surface area contributed by atoms with Crippen LogP contribution in [0.4, 0.5) is 4.79 Å². The number of alkyl carbamates (subject to hydrolysis) is 1. The van der Waals surface area contributed by atoms with Gasteiger partial charge >= 0.3 is 6.09 Å². The highest BCUT2D eigenvalue weighted by molar-refractivity contribution is 5.78. The van der Waals surface area contributed by atoms with E-state index >= 15 is 0 Å². The summed E-state index contributed by atoms with van der Waals surface area (Å²) in [6, 6.07) is 0. The topological polar surface area (TPSA) is 70.7 Å². The molecule has 1 saturated heterocycles. The highest BCUT2D eigenvalue weighted by Gasteiger charge is 2.22. The Labute approximate surface area is 121 Å². The molecule has 0 aromatic rings. The first kappa shape index (κ1) is 16.8. The summed E-state index contributed by atoms with van der Waals surface area (Å²) in [5, 5.41) is 5.48. The molecule has 1 rings (SSSR count). The largest absolute Gasteiger partial charge is 0.444 e. The third-order valence-corrected chi connectivity index (χ3v) is 3.18. The van der Waals surface area contributed by atoms with Crippen molar-refractivity contribution < 1.29 is 14.3 Å². The Morgan fingerprint density at radius 1 is 1.15 bits per heavy atom. The van der Waals surface area contributed by atoms with Crippen molar-refractivity contribution in [1.82, 2.24) is 15.5 Å². The van der Waals surface area contributed by atoms with Gasteiger partial charge in [0.05, 0.1) is 0 Å². The fraction of sp³-hybridized carbons (Fsp3) is 0.857. The number of rotatable bonds is 4. The van der Waals surface area contributed by atoms with Crippen LogP contribution in [0, 0.1) is 5.92 Å². The Hall–Kier alpha value is -1.30. The number of hydrogen-bond donors (Lipinski definition) is 2. The average molecular weight is 285 g/mol. The summed E-state index contributed by atoms with van der Waals surface area (Å²) in [6.07, 6.45) is 1.36. The third-order valence-electron chi connectivity index (χ3n) is 3.18. The molecule has 0 saturated carbocycles. The molecule has 2 amide bonds. The van der Waals surface area contributed by atoms with E-state index in [2.05, 4.69) is 22.6 Å². The summed E-state index contributed by atoms with van der Waals surface area (Å²) < 4.78 is 5.10. The van der Waals surface area contributed by atoms with Gasteiger partial charge in [0.15, 0.2) is 0 Å². The Morgan fingerprint density at radius 2 is 1.70 bits per heavy atom. The fourth-order valence-electron chi connectivity index (χ4n) is 2.08. The number of carbonyl (C=O) groups is 2. The zero-order valence-electron chi connectivity index (χ0n) is 13.0. The molecule has 1 fully saturated rings. The average Bonchev–Trinajstić information content (AvgIpc) is 2.33. The molecule has 0 spiro atoms. The van der Waals surface area contributed by atoms with Crippen LogP contribution < -0.4 is 10.6 Å². The lowest BCUT2D eigenvalue weighted by molar-refractivity contribution is -0.126. The quantitative estimate of drug-likeness (QED) is 0.755. The van der Waals surface area contributed by atoms with E-state index in [-0.39, 0.29) is 11.8 Å². The standard InChI is InChI=1S/C14H27N3O3/c1-14(2,3)20-13(19)16-8-7-15-12(18)11-5-9-17(4)10-6-11/h11H,5-10H2,1-4H3,(H,15,18)(H,16,19). The summed E-state index contributed by atoms with van der Waals surface area (Å²) in [5.74, 6) is 0.191. The van der Waals surface area contributed by atoms with Crippen LogP contribution in [0.2, 0.25) is 0 Å². The number of ether oxygens (including phenoxy) is 1. The molecular weight excluding hydrogens is 258 g/mol. The maximum atomic E-state index is 11.9. The van der Waals surface area contributed by atoms with Gasteiger partial charge in [-0.2, -0.15) is 0 Å². The molecular formula is C14H27N3O3. The SMILES string of the molecule is CN1CCC(C(=O)NCCNC(=O)OC(C)(C)C)CC1. The molecule has 1 aliphatic heterocycles. The van der Waals surface area contributed by atoms with Gasteiger partial charge in [0.2, 0.25) is 5.91 Å². The zero-order valence-corrected chi connectivity index (χ0v) is 13.0. The smallest absolute Gasteiger partial charge is 0.407 e. The molecule has 116 valence electrons. The van der Waals surface area contributed by atoms with Gasteiger partial charge < -0.3 is 20.3 Å². The molecule has 0 aliphatic carbocycles. The second-order valence-corrected chi connectivity index (χ2v) is 6.30. The molecule has 2 N–H and O–H groups in total. The van der Waals surface area contributed by atoms with Crippen molar-refractivity contribution in [2.45, 2.75) is 39.2 Å². The highest BCUT2D eigenvalue weighted by atomic mass is 16.6. The predicted octanol–water partition coefficient (Wildman–Crippen LogP) is 0.969. The molecule has 0 atom stereocenters. The van der Waals surface area contributed by atoms with E-state index in [1.807, 2.05) is 20.8 Å². The minimum Gasteiger partial charge on any atom is -0.444 e. The lowest BCUT2D eigenvalue weighted by Gasteiger charge is -2.28. The van der Waals surface area contributed by atoms with Crippen LogP contribution in [0.15, 0.2) is 0 Å². The van der Waals surface area contributed by atoms with Crippen molar-refractivity contribution in [3.63, 3.8) is 0 Å². The Bertz CT molecular complexity index is 331. The van der Waals surface area contributed by atoms with Gasteiger partial charge in [0.1, 0.15) is 5.60 Å². The number of piperidine rings is 1. The molecule has 0 radical (unpaired) electrons. The van der Waals surface area contributed by atoms with Crippen LogP contribution >= 0.6 is 0 Å². The summed E-state index contributed by atoms with van der Waals surface area (Å²) in [5.41, 5.74) is -0.499. The van der Waals surface area contributed by atoms with Crippen molar-refractivity contribution in [3.05, 3.63) is 0 Å². The van der Waals surface area contributed by atoms with Crippen molar-refractivity contribution in [1.29, 1.82) is 0 Å². The maximum absolute atomic E-state index is 11.9. The summed E-state index contributed by atoms with van der Waals surface area (Å²) >= 11 is 0. The fourth-order valence-corrected chi connectivity index (χ4v) is 2.08. The first-order chi connectivity index (χ1) is 9.28. The minimum atomic E-state index is -0.499. The predicted molar refractivity (Wildman–Crippen MR) is 77.5 cm³/mol. The molecule has 0 unspecified atom stereocenters. The third kappa shape index (κ3) is 6.75. The van der Waals surface area contributed by atoms with Gasteiger partial charge in [0.25, 0.3) is 0 Å². The number of carbonyl (C=O) groups excluding carboxylic acids is 2. The van der Waals surface area contributed by atoms with Crippen molar-refractivity contribution in [2.75, 3.05) is 33.2 Å². The highest BCUT2D eigenvalue weighted by Crippen LogP contribution is 2.15. The van der Waals surface area contributed by atoms with Crippen LogP contribution in [-0.4, -0.2) is 55.7 Å². The van der Waals surface area contributed by atoms with Gasteiger partial charge in [-0.15, -0.1) is 0 Å². The molecule has 1 heterocycles. The maximum Gasteiger partial charge on any atom is 0.407 e. The first-order valence-electron chi connectivity index (χ1n) is 7.21. The van der Waals surface area contributed by atoms with Gasteiger partial charge in [-0.1, -0.05) is 0 Å². The second-order valence-electron chi connectivity index (χ2n) is 6.30.